The van der Waals surface area contributed by atoms with Crippen LogP contribution in [0, 0.1) is 11.3 Å². The standard InChI is InChI=1S/C20H30N2O/c1-23-22-17-19-14-11-10-13-18(19)12-8-6-4-2-3-5-7-9-15-20(22)16-21/h10-11,13-14,20H,2-9,12,15,17H2,1H3. The van der Waals surface area contributed by atoms with Gasteiger partial charge in [-0.25, -0.2) is 0 Å². The third-order valence-corrected chi connectivity index (χ3v) is 4.85. The lowest BCUT2D eigenvalue weighted by atomic mass is 10.00. The lowest BCUT2D eigenvalue weighted by Crippen LogP contribution is -2.33. The Morgan fingerprint density at radius 1 is 0.957 bits per heavy atom. The number of rotatable bonds is 1. The van der Waals surface area contributed by atoms with Crippen molar-refractivity contribution in [3.05, 3.63) is 35.4 Å². The van der Waals surface area contributed by atoms with Gasteiger partial charge in [0.1, 0.15) is 6.04 Å². The second kappa shape index (κ2) is 10.4. The van der Waals surface area contributed by atoms with Crippen LogP contribution in [-0.4, -0.2) is 18.2 Å². The summed E-state index contributed by atoms with van der Waals surface area (Å²) in [5, 5.41) is 11.4. The van der Waals surface area contributed by atoms with Crippen molar-refractivity contribution in [2.75, 3.05) is 7.11 Å². The van der Waals surface area contributed by atoms with E-state index in [1.807, 2.05) is 5.06 Å². The summed E-state index contributed by atoms with van der Waals surface area (Å²) in [7, 11) is 1.68. The lowest BCUT2D eigenvalue weighted by Gasteiger charge is -2.25. The minimum absolute atomic E-state index is 0.154. The van der Waals surface area contributed by atoms with Crippen LogP contribution in [0.3, 0.4) is 0 Å². The maximum atomic E-state index is 9.52. The second-order valence-corrected chi connectivity index (χ2v) is 6.54. The van der Waals surface area contributed by atoms with Crippen LogP contribution in [-0.2, 0) is 17.8 Å². The minimum atomic E-state index is -0.154. The van der Waals surface area contributed by atoms with Crippen LogP contribution in [0.4, 0.5) is 0 Å². The molecule has 1 atom stereocenters. The van der Waals surface area contributed by atoms with Crippen LogP contribution in [0.1, 0.15) is 68.9 Å². The maximum absolute atomic E-state index is 9.52. The van der Waals surface area contributed by atoms with Gasteiger partial charge in [-0.2, -0.15) is 10.3 Å². The largest absolute Gasteiger partial charge is 0.301 e. The molecular weight excluding hydrogens is 284 g/mol. The summed E-state index contributed by atoms with van der Waals surface area (Å²) in [6.45, 7) is 0.699. The van der Waals surface area contributed by atoms with E-state index in [-0.39, 0.29) is 6.04 Å². The molecule has 0 saturated carbocycles. The van der Waals surface area contributed by atoms with Gasteiger partial charge in [-0.15, -0.1) is 0 Å². The van der Waals surface area contributed by atoms with E-state index in [0.29, 0.717) is 6.54 Å². The van der Waals surface area contributed by atoms with Gasteiger partial charge in [-0.1, -0.05) is 69.2 Å². The fourth-order valence-corrected chi connectivity index (χ4v) is 3.41. The molecule has 1 unspecified atom stereocenters. The van der Waals surface area contributed by atoms with Crippen molar-refractivity contribution in [3.8, 4) is 6.07 Å². The molecule has 1 aromatic carbocycles. The van der Waals surface area contributed by atoms with Crippen molar-refractivity contribution >= 4 is 0 Å². The van der Waals surface area contributed by atoms with Crippen LogP contribution in [0.25, 0.3) is 0 Å². The SMILES string of the molecule is CON1Cc2ccccc2CCCCCCCCCCC1C#N. The molecule has 0 N–H and O–H groups in total. The Morgan fingerprint density at radius 2 is 1.57 bits per heavy atom. The Morgan fingerprint density at radius 3 is 2.22 bits per heavy atom. The summed E-state index contributed by atoms with van der Waals surface area (Å²) in [5.74, 6) is 0. The van der Waals surface area contributed by atoms with Crippen molar-refractivity contribution < 1.29 is 4.84 Å². The fourth-order valence-electron chi connectivity index (χ4n) is 3.41. The summed E-state index contributed by atoms with van der Waals surface area (Å²) < 4.78 is 0. The molecule has 0 aliphatic carbocycles. The summed E-state index contributed by atoms with van der Waals surface area (Å²) in [4.78, 5) is 5.55. The highest BCUT2D eigenvalue weighted by Crippen LogP contribution is 2.20. The van der Waals surface area contributed by atoms with Gasteiger partial charge in [0, 0.05) is 0 Å². The molecule has 2 rings (SSSR count). The van der Waals surface area contributed by atoms with Crippen LogP contribution < -0.4 is 0 Å². The quantitative estimate of drug-likeness (QED) is 0.731. The van der Waals surface area contributed by atoms with Gasteiger partial charge in [0.25, 0.3) is 0 Å². The lowest BCUT2D eigenvalue weighted by molar-refractivity contribution is -0.158. The third kappa shape index (κ3) is 5.97. The van der Waals surface area contributed by atoms with Crippen LogP contribution in [0.5, 0.6) is 0 Å². The number of hydroxylamine groups is 2. The molecule has 23 heavy (non-hydrogen) atoms. The van der Waals surface area contributed by atoms with E-state index < -0.39 is 0 Å². The van der Waals surface area contributed by atoms with Crippen molar-refractivity contribution in [2.24, 2.45) is 0 Å². The Hall–Kier alpha value is -1.37. The normalized spacial score (nSPS) is 22.3. The second-order valence-electron chi connectivity index (χ2n) is 6.54. The maximum Gasteiger partial charge on any atom is 0.122 e. The smallest absolute Gasteiger partial charge is 0.122 e. The molecule has 1 aliphatic rings. The third-order valence-electron chi connectivity index (χ3n) is 4.85. The highest BCUT2D eigenvalue weighted by Gasteiger charge is 2.19. The molecule has 0 saturated heterocycles. The predicted octanol–water partition coefficient (Wildman–Crippen LogP) is 5.01. The van der Waals surface area contributed by atoms with Gasteiger partial charge >= 0.3 is 0 Å². The molecule has 3 nitrogen and oxygen atoms in total. The van der Waals surface area contributed by atoms with Crippen LogP contribution in [0.2, 0.25) is 0 Å². The van der Waals surface area contributed by atoms with E-state index in [2.05, 4.69) is 30.3 Å². The zero-order valence-electron chi connectivity index (χ0n) is 14.5. The Labute approximate surface area is 141 Å². The average Bonchev–Trinajstić information content (AvgIpc) is 2.59. The van der Waals surface area contributed by atoms with E-state index in [1.165, 1.54) is 56.1 Å². The fraction of sp³-hybridized carbons (Fsp3) is 0.650. The Kier molecular flexibility index (Phi) is 8.14. The summed E-state index contributed by atoms with van der Waals surface area (Å²) in [6, 6.07) is 10.9. The van der Waals surface area contributed by atoms with Gasteiger partial charge in [0.2, 0.25) is 0 Å². The zero-order chi connectivity index (χ0) is 16.3. The number of hydrogen-bond acceptors (Lipinski definition) is 3. The number of aryl methyl sites for hydroxylation is 1. The first kappa shape index (κ1) is 18.0. The topological polar surface area (TPSA) is 36.3 Å². The average molecular weight is 314 g/mol. The highest BCUT2D eigenvalue weighted by molar-refractivity contribution is 5.27. The van der Waals surface area contributed by atoms with E-state index in [9.17, 15) is 5.26 Å². The Bertz CT molecular complexity index is 495. The molecular formula is C20H30N2O. The van der Waals surface area contributed by atoms with Crippen molar-refractivity contribution in [1.29, 1.82) is 5.26 Å². The monoisotopic (exact) mass is 314 g/mol. The first-order valence-corrected chi connectivity index (χ1v) is 9.12. The molecule has 0 fully saturated rings. The molecule has 0 aromatic heterocycles. The minimum Gasteiger partial charge on any atom is -0.301 e. The van der Waals surface area contributed by atoms with Crippen LogP contribution >= 0.6 is 0 Å². The number of benzene rings is 1. The molecule has 0 spiro atoms. The van der Waals surface area contributed by atoms with Crippen LogP contribution in [0.15, 0.2) is 24.3 Å². The van der Waals surface area contributed by atoms with E-state index in [4.69, 9.17) is 4.84 Å². The Balaban J connectivity index is 2.12. The van der Waals surface area contributed by atoms with Gasteiger partial charge in [-0.3, -0.25) is 0 Å². The van der Waals surface area contributed by atoms with Crippen molar-refractivity contribution in [2.45, 2.75) is 76.8 Å². The van der Waals surface area contributed by atoms with Gasteiger partial charge in [-0.05, 0) is 30.4 Å². The summed E-state index contributed by atoms with van der Waals surface area (Å²) >= 11 is 0. The predicted molar refractivity (Wildman–Crippen MR) is 93.7 cm³/mol. The number of fused-ring (bicyclic) bond motifs is 1. The summed E-state index contributed by atoms with van der Waals surface area (Å²) in [5.41, 5.74) is 2.70. The van der Waals surface area contributed by atoms with Crippen molar-refractivity contribution in [3.63, 3.8) is 0 Å². The summed E-state index contributed by atoms with van der Waals surface area (Å²) in [6.07, 6.45) is 12.3. The number of nitriles is 1. The van der Waals surface area contributed by atoms with Gasteiger partial charge in [0.15, 0.2) is 0 Å². The van der Waals surface area contributed by atoms with E-state index in [1.54, 1.807) is 7.11 Å². The molecule has 0 bridgehead atoms. The van der Waals surface area contributed by atoms with Gasteiger partial charge < -0.3 is 4.84 Å². The molecule has 3 heteroatoms. The zero-order valence-corrected chi connectivity index (χ0v) is 14.5. The molecule has 1 heterocycles. The molecule has 126 valence electrons. The van der Waals surface area contributed by atoms with E-state index in [0.717, 1.165) is 19.3 Å². The molecule has 1 aliphatic heterocycles. The van der Waals surface area contributed by atoms with E-state index >= 15 is 0 Å². The first-order chi connectivity index (χ1) is 11.3. The van der Waals surface area contributed by atoms with Crippen molar-refractivity contribution in [1.82, 2.24) is 5.06 Å². The highest BCUT2D eigenvalue weighted by atomic mass is 16.7. The van der Waals surface area contributed by atoms with Gasteiger partial charge in [0.05, 0.1) is 19.7 Å². The number of nitrogens with zero attached hydrogens (tertiary/aromatic N) is 2. The number of hydrogen-bond donors (Lipinski definition) is 0. The molecule has 1 aromatic rings. The first-order valence-electron chi connectivity index (χ1n) is 9.12. The molecule has 0 amide bonds. The molecule has 0 radical (unpaired) electrons.